The van der Waals surface area contributed by atoms with Crippen LogP contribution in [0.3, 0.4) is 0 Å². The number of thiazole rings is 1. The highest BCUT2D eigenvalue weighted by Crippen LogP contribution is 2.31. The summed E-state index contributed by atoms with van der Waals surface area (Å²) >= 11 is 1.58. The van der Waals surface area contributed by atoms with Crippen molar-refractivity contribution in [2.45, 2.75) is 52.0 Å². The predicted octanol–water partition coefficient (Wildman–Crippen LogP) is 2.40. The molecule has 1 fully saturated rings. The molecule has 1 aliphatic carbocycles. The number of urea groups is 1. The van der Waals surface area contributed by atoms with Gasteiger partial charge in [0.2, 0.25) is 5.91 Å². The van der Waals surface area contributed by atoms with E-state index in [4.69, 9.17) is 0 Å². The summed E-state index contributed by atoms with van der Waals surface area (Å²) in [7, 11) is 0. The van der Waals surface area contributed by atoms with Crippen molar-refractivity contribution in [3.05, 3.63) is 10.6 Å². The zero-order valence-electron chi connectivity index (χ0n) is 13.7. The van der Waals surface area contributed by atoms with E-state index in [1.54, 1.807) is 11.3 Å². The number of hydrogen-bond donors (Lipinski definition) is 2. The van der Waals surface area contributed by atoms with Crippen molar-refractivity contribution >= 4 is 28.4 Å². The standard InChI is InChI=1S/C16H24N4O2S/c1-10-5-6-12-13(8-10)23-16(18-12)19-15(22)17-11(2)9-20-7-3-4-14(20)21/h10-11H,3-9H2,1-2H3,(H2,17,18,19,22). The van der Waals surface area contributed by atoms with E-state index in [-0.39, 0.29) is 18.0 Å². The molecule has 2 atom stereocenters. The van der Waals surface area contributed by atoms with Crippen molar-refractivity contribution < 1.29 is 9.59 Å². The number of rotatable bonds is 4. The van der Waals surface area contributed by atoms with E-state index in [1.165, 1.54) is 11.3 Å². The number of likely N-dealkylation sites (tertiary alicyclic amines) is 1. The summed E-state index contributed by atoms with van der Waals surface area (Å²) in [5, 5.41) is 6.39. The maximum absolute atomic E-state index is 12.1. The summed E-state index contributed by atoms with van der Waals surface area (Å²) in [5.74, 6) is 0.878. The number of carbonyl (C=O) groups excluding carboxylic acids is 2. The van der Waals surface area contributed by atoms with E-state index < -0.39 is 0 Å². The Hall–Kier alpha value is -1.63. The minimum Gasteiger partial charge on any atom is -0.341 e. The number of aromatic nitrogens is 1. The highest BCUT2D eigenvalue weighted by molar-refractivity contribution is 7.15. The molecule has 2 N–H and O–H groups in total. The maximum Gasteiger partial charge on any atom is 0.321 e. The van der Waals surface area contributed by atoms with Crippen molar-refractivity contribution in [2.75, 3.05) is 18.4 Å². The van der Waals surface area contributed by atoms with Gasteiger partial charge in [-0.2, -0.15) is 0 Å². The van der Waals surface area contributed by atoms with Gasteiger partial charge in [0.15, 0.2) is 5.13 Å². The second-order valence-electron chi connectivity index (χ2n) is 6.68. The number of hydrogen-bond acceptors (Lipinski definition) is 4. The van der Waals surface area contributed by atoms with Gasteiger partial charge in [-0.3, -0.25) is 10.1 Å². The van der Waals surface area contributed by atoms with Crippen LogP contribution in [-0.4, -0.2) is 41.0 Å². The van der Waals surface area contributed by atoms with Crippen LogP contribution in [0.1, 0.15) is 43.7 Å². The molecule has 3 amide bonds. The van der Waals surface area contributed by atoms with Gasteiger partial charge in [-0.05, 0) is 38.5 Å². The average Bonchev–Trinajstić information content (AvgIpc) is 3.04. The molecule has 2 aliphatic rings. The molecule has 0 spiro atoms. The van der Waals surface area contributed by atoms with Gasteiger partial charge in [-0.15, -0.1) is 11.3 Å². The van der Waals surface area contributed by atoms with Crippen LogP contribution in [-0.2, 0) is 17.6 Å². The molecule has 0 bridgehead atoms. The lowest BCUT2D eigenvalue weighted by molar-refractivity contribution is -0.127. The normalized spacial score (nSPS) is 21.9. The summed E-state index contributed by atoms with van der Waals surface area (Å²) in [4.78, 5) is 31.4. The number of anilines is 1. The van der Waals surface area contributed by atoms with Crippen molar-refractivity contribution in [1.29, 1.82) is 0 Å². The quantitative estimate of drug-likeness (QED) is 0.886. The zero-order valence-corrected chi connectivity index (χ0v) is 14.5. The van der Waals surface area contributed by atoms with Crippen LogP contribution in [0.25, 0.3) is 0 Å². The Labute approximate surface area is 140 Å². The number of aryl methyl sites for hydroxylation is 1. The number of nitrogens with zero attached hydrogens (tertiary/aromatic N) is 2. The van der Waals surface area contributed by atoms with E-state index in [0.717, 1.165) is 31.5 Å². The van der Waals surface area contributed by atoms with E-state index in [9.17, 15) is 9.59 Å². The SMILES string of the molecule is CC1CCc2nc(NC(=O)NC(C)CN3CCCC3=O)sc2C1. The molecule has 126 valence electrons. The topological polar surface area (TPSA) is 74.3 Å². The molecular formula is C16H24N4O2S. The maximum atomic E-state index is 12.1. The Bertz CT molecular complexity index is 601. The third-order valence-corrected chi connectivity index (χ3v) is 5.49. The average molecular weight is 336 g/mol. The van der Waals surface area contributed by atoms with Crippen LogP contribution in [0.2, 0.25) is 0 Å². The van der Waals surface area contributed by atoms with E-state index in [1.807, 2.05) is 11.8 Å². The molecule has 2 unspecified atom stereocenters. The van der Waals surface area contributed by atoms with Crippen LogP contribution in [0.5, 0.6) is 0 Å². The summed E-state index contributed by atoms with van der Waals surface area (Å²) in [6.07, 6.45) is 4.78. The molecule has 1 aromatic heterocycles. The summed E-state index contributed by atoms with van der Waals surface area (Å²) in [6, 6.07) is -0.324. The Morgan fingerprint density at radius 1 is 1.48 bits per heavy atom. The lowest BCUT2D eigenvalue weighted by Gasteiger charge is -2.21. The van der Waals surface area contributed by atoms with Gasteiger partial charge < -0.3 is 10.2 Å². The minimum absolute atomic E-state index is 0.0772. The molecule has 3 rings (SSSR count). The fourth-order valence-corrected chi connectivity index (χ4v) is 4.39. The summed E-state index contributed by atoms with van der Waals surface area (Å²) < 4.78 is 0. The van der Waals surface area contributed by atoms with Gasteiger partial charge in [0.25, 0.3) is 0 Å². The van der Waals surface area contributed by atoms with Crippen molar-refractivity contribution in [2.24, 2.45) is 5.92 Å². The molecule has 1 aromatic rings. The zero-order chi connectivity index (χ0) is 16.4. The van der Waals surface area contributed by atoms with Crippen LogP contribution < -0.4 is 10.6 Å². The minimum atomic E-state index is -0.247. The molecule has 0 radical (unpaired) electrons. The van der Waals surface area contributed by atoms with Gasteiger partial charge in [0.1, 0.15) is 0 Å². The van der Waals surface area contributed by atoms with Gasteiger partial charge >= 0.3 is 6.03 Å². The highest BCUT2D eigenvalue weighted by atomic mass is 32.1. The number of carbonyl (C=O) groups is 2. The molecule has 6 nitrogen and oxygen atoms in total. The first-order valence-electron chi connectivity index (χ1n) is 8.35. The Balaban J connectivity index is 1.50. The first kappa shape index (κ1) is 16.2. The Morgan fingerprint density at radius 2 is 2.30 bits per heavy atom. The summed E-state index contributed by atoms with van der Waals surface area (Å²) in [6.45, 7) is 5.53. The highest BCUT2D eigenvalue weighted by Gasteiger charge is 2.23. The van der Waals surface area contributed by atoms with Crippen molar-refractivity contribution in [3.63, 3.8) is 0 Å². The van der Waals surface area contributed by atoms with Gasteiger partial charge in [-0.25, -0.2) is 9.78 Å². The fourth-order valence-electron chi connectivity index (χ4n) is 3.22. The number of nitrogens with one attached hydrogen (secondary N) is 2. The molecule has 1 saturated heterocycles. The molecule has 23 heavy (non-hydrogen) atoms. The number of amides is 3. The van der Waals surface area contributed by atoms with Crippen LogP contribution in [0, 0.1) is 5.92 Å². The molecule has 1 aliphatic heterocycles. The van der Waals surface area contributed by atoms with Crippen molar-refractivity contribution in [3.8, 4) is 0 Å². The van der Waals surface area contributed by atoms with Crippen LogP contribution >= 0.6 is 11.3 Å². The third kappa shape index (κ3) is 4.02. The fraction of sp³-hybridized carbons (Fsp3) is 0.688. The van der Waals surface area contributed by atoms with Crippen LogP contribution in [0.15, 0.2) is 0 Å². The molecule has 0 aromatic carbocycles. The monoisotopic (exact) mass is 336 g/mol. The molecule has 0 saturated carbocycles. The van der Waals surface area contributed by atoms with Gasteiger partial charge in [0, 0.05) is 30.4 Å². The summed E-state index contributed by atoms with van der Waals surface area (Å²) in [5.41, 5.74) is 1.14. The predicted molar refractivity (Wildman–Crippen MR) is 90.7 cm³/mol. The van der Waals surface area contributed by atoms with Gasteiger partial charge in [-0.1, -0.05) is 6.92 Å². The molecule has 2 heterocycles. The Morgan fingerprint density at radius 3 is 3.04 bits per heavy atom. The van der Waals surface area contributed by atoms with Crippen molar-refractivity contribution in [1.82, 2.24) is 15.2 Å². The first-order chi connectivity index (χ1) is 11.0. The molecular weight excluding hydrogens is 312 g/mol. The first-order valence-corrected chi connectivity index (χ1v) is 9.17. The second kappa shape index (κ2) is 6.86. The lowest BCUT2D eigenvalue weighted by Crippen LogP contribution is -2.44. The molecule has 7 heteroatoms. The van der Waals surface area contributed by atoms with E-state index in [2.05, 4.69) is 22.5 Å². The van der Waals surface area contributed by atoms with Gasteiger partial charge in [0.05, 0.1) is 5.69 Å². The largest absolute Gasteiger partial charge is 0.341 e. The Kier molecular flexibility index (Phi) is 4.84. The van der Waals surface area contributed by atoms with E-state index in [0.29, 0.717) is 24.0 Å². The number of fused-ring (bicyclic) bond motifs is 1. The smallest absolute Gasteiger partial charge is 0.321 e. The van der Waals surface area contributed by atoms with E-state index >= 15 is 0 Å². The lowest BCUT2D eigenvalue weighted by atomic mass is 9.93. The second-order valence-corrected chi connectivity index (χ2v) is 7.76. The third-order valence-electron chi connectivity index (χ3n) is 4.45. The van der Waals surface area contributed by atoms with Crippen LogP contribution in [0.4, 0.5) is 9.93 Å².